The predicted molar refractivity (Wildman–Crippen MR) is 84.0 cm³/mol. The second kappa shape index (κ2) is 6.94. The third-order valence-corrected chi connectivity index (χ3v) is 3.40. The van der Waals surface area contributed by atoms with Gasteiger partial charge in [-0.3, -0.25) is 0 Å². The molecule has 0 radical (unpaired) electrons. The van der Waals surface area contributed by atoms with E-state index in [1.165, 1.54) is 11.6 Å². The van der Waals surface area contributed by atoms with Crippen LogP contribution in [0.5, 0.6) is 0 Å². The number of benzene rings is 2. The quantitative estimate of drug-likeness (QED) is 0.852. The lowest BCUT2D eigenvalue weighted by Crippen LogP contribution is -2.28. The molecule has 2 rings (SSSR count). The largest absolute Gasteiger partial charge is 0.383 e. The predicted octanol–water partition coefficient (Wildman–Crippen LogP) is 4.07. The Hall–Kier alpha value is -2.03. The fourth-order valence-corrected chi connectivity index (χ4v) is 2.24. The normalized spacial score (nSPS) is 10.3. The number of anilines is 2. The van der Waals surface area contributed by atoms with Crippen LogP contribution < -0.4 is 10.2 Å². The molecule has 1 N–H and O–H groups in total. The molecule has 0 bridgehead atoms. The second-order valence-corrected chi connectivity index (χ2v) is 4.80. The number of likely N-dealkylation sites (N-methyl/N-ethyl adjacent to an activating group) is 1. The molecule has 0 saturated carbocycles. The first-order valence-electron chi connectivity index (χ1n) is 7.00. The van der Waals surface area contributed by atoms with Crippen LogP contribution in [0.2, 0.25) is 0 Å². The summed E-state index contributed by atoms with van der Waals surface area (Å²) in [5.41, 5.74) is 3.32. The van der Waals surface area contributed by atoms with Crippen molar-refractivity contribution in [3.63, 3.8) is 0 Å². The van der Waals surface area contributed by atoms with Gasteiger partial charge in [0.2, 0.25) is 0 Å². The average Bonchev–Trinajstić information content (AvgIpc) is 2.45. The van der Waals surface area contributed by atoms with Gasteiger partial charge in [0.25, 0.3) is 0 Å². The van der Waals surface area contributed by atoms with Crippen LogP contribution >= 0.6 is 0 Å². The van der Waals surface area contributed by atoms with Crippen LogP contribution in [0.1, 0.15) is 12.5 Å². The van der Waals surface area contributed by atoms with E-state index in [4.69, 9.17) is 0 Å². The topological polar surface area (TPSA) is 15.3 Å². The zero-order valence-corrected chi connectivity index (χ0v) is 12.1. The van der Waals surface area contributed by atoms with Gasteiger partial charge in [0.15, 0.2) is 0 Å². The molecule has 106 valence electrons. The fourth-order valence-electron chi connectivity index (χ4n) is 2.24. The van der Waals surface area contributed by atoms with Crippen LogP contribution in [-0.4, -0.2) is 19.6 Å². The molecule has 2 aromatic carbocycles. The van der Waals surface area contributed by atoms with E-state index in [-0.39, 0.29) is 5.82 Å². The van der Waals surface area contributed by atoms with Gasteiger partial charge in [0, 0.05) is 31.0 Å². The van der Waals surface area contributed by atoms with Gasteiger partial charge in [-0.1, -0.05) is 24.3 Å². The number of nitrogens with zero attached hydrogens (tertiary/aromatic N) is 1. The molecule has 0 aromatic heterocycles. The summed E-state index contributed by atoms with van der Waals surface area (Å²) < 4.78 is 13.3. The Morgan fingerprint density at radius 3 is 2.60 bits per heavy atom. The molecule has 0 fully saturated rings. The lowest BCUT2D eigenvalue weighted by Gasteiger charge is -2.23. The minimum absolute atomic E-state index is 0.187. The number of para-hydroxylation sites is 1. The standard InChI is InChI=1S/C17H21FN2/c1-3-20(16-9-6-8-15(18)13-16)12-11-19-17-10-5-4-7-14(17)2/h4-10,13,19H,3,11-12H2,1-2H3. The summed E-state index contributed by atoms with van der Waals surface area (Å²) in [6.07, 6.45) is 0. The number of aryl methyl sites for hydroxylation is 1. The molecule has 2 aromatic rings. The van der Waals surface area contributed by atoms with Gasteiger partial charge in [-0.2, -0.15) is 0 Å². The van der Waals surface area contributed by atoms with Crippen molar-refractivity contribution in [1.29, 1.82) is 0 Å². The molecular weight excluding hydrogens is 251 g/mol. The highest BCUT2D eigenvalue weighted by Gasteiger charge is 2.05. The van der Waals surface area contributed by atoms with Crippen molar-refractivity contribution in [3.8, 4) is 0 Å². The highest BCUT2D eigenvalue weighted by Crippen LogP contribution is 2.16. The molecule has 0 heterocycles. The summed E-state index contributed by atoms with van der Waals surface area (Å²) in [4.78, 5) is 2.16. The second-order valence-electron chi connectivity index (χ2n) is 4.80. The van der Waals surface area contributed by atoms with Crippen molar-refractivity contribution in [2.45, 2.75) is 13.8 Å². The zero-order chi connectivity index (χ0) is 14.4. The molecule has 20 heavy (non-hydrogen) atoms. The lowest BCUT2D eigenvalue weighted by molar-refractivity contribution is 0.626. The van der Waals surface area contributed by atoms with Gasteiger partial charge in [0.05, 0.1) is 0 Å². The third-order valence-electron chi connectivity index (χ3n) is 3.40. The van der Waals surface area contributed by atoms with E-state index >= 15 is 0 Å². The summed E-state index contributed by atoms with van der Waals surface area (Å²) in [5.74, 6) is -0.187. The Bertz CT molecular complexity index is 554. The summed E-state index contributed by atoms with van der Waals surface area (Å²) >= 11 is 0. The van der Waals surface area contributed by atoms with Gasteiger partial charge in [-0.25, -0.2) is 4.39 Å². The Morgan fingerprint density at radius 2 is 1.90 bits per heavy atom. The minimum Gasteiger partial charge on any atom is -0.383 e. The van der Waals surface area contributed by atoms with Crippen LogP contribution in [0.25, 0.3) is 0 Å². The Kier molecular flexibility index (Phi) is 4.99. The van der Waals surface area contributed by atoms with E-state index in [0.29, 0.717) is 0 Å². The van der Waals surface area contributed by atoms with E-state index in [1.807, 2.05) is 18.2 Å². The number of halogens is 1. The molecule has 3 heteroatoms. The molecule has 0 aliphatic heterocycles. The monoisotopic (exact) mass is 272 g/mol. The van der Waals surface area contributed by atoms with Crippen LogP contribution in [-0.2, 0) is 0 Å². The van der Waals surface area contributed by atoms with Crippen LogP contribution in [0.3, 0.4) is 0 Å². The first-order chi connectivity index (χ1) is 9.70. The lowest BCUT2D eigenvalue weighted by atomic mass is 10.2. The molecule has 0 spiro atoms. The molecule has 0 aliphatic rings. The molecule has 0 amide bonds. The Morgan fingerprint density at radius 1 is 1.10 bits per heavy atom. The summed E-state index contributed by atoms with van der Waals surface area (Å²) in [6, 6.07) is 15.0. The third kappa shape index (κ3) is 3.73. The number of hydrogen-bond acceptors (Lipinski definition) is 2. The molecule has 0 aliphatic carbocycles. The minimum atomic E-state index is -0.187. The van der Waals surface area contributed by atoms with Crippen LogP contribution in [0.4, 0.5) is 15.8 Å². The molecule has 0 saturated heterocycles. The molecule has 2 nitrogen and oxygen atoms in total. The van der Waals surface area contributed by atoms with Gasteiger partial charge in [0.1, 0.15) is 5.82 Å². The first-order valence-corrected chi connectivity index (χ1v) is 7.00. The van der Waals surface area contributed by atoms with E-state index in [1.54, 1.807) is 12.1 Å². The van der Waals surface area contributed by atoms with E-state index in [9.17, 15) is 4.39 Å². The number of rotatable bonds is 6. The van der Waals surface area contributed by atoms with Crippen LogP contribution in [0.15, 0.2) is 48.5 Å². The maximum Gasteiger partial charge on any atom is 0.125 e. The molecule has 0 atom stereocenters. The Balaban J connectivity index is 1.93. The maximum absolute atomic E-state index is 13.3. The van der Waals surface area contributed by atoms with Gasteiger partial charge < -0.3 is 10.2 Å². The van der Waals surface area contributed by atoms with Crippen molar-refractivity contribution in [2.24, 2.45) is 0 Å². The molecular formula is C17H21FN2. The van der Waals surface area contributed by atoms with E-state index in [2.05, 4.69) is 36.2 Å². The number of nitrogens with one attached hydrogen (secondary N) is 1. The number of hydrogen-bond donors (Lipinski definition) is 1. The highest BCUT2D eigenvalue weighted by atomic mass is 19.1. The van der Waals surface area contributed by atoms with E-state index in [0.717, 1.165) is 31.0 Å². The zero-order valence-electron chi connectivity index (χ0n) is 12.1. The van der Waals surface area contributed by atoms with Gasteiger partial charge in [-0.15, -0.1) is 0 Å². The van der Waals surface area contributed by atoms with Crippen molar-refractivity contribution >= 4 is 11.4 Å². The van der Waals surface area contributed by atoms with E-state index < -0.39 is 0 Å². The smallest absolute Gasteiger partial charge is 0.125 e. The van der Waals surface area contributed by atoms with Gasteiger partial charge >= 0.3 is 0 Å². The van der Waals surface area contributed by atoms with Crippen molar-refractivity contribution in [1.82, 2.24) is 0 Å². The highest BCUT2D eigenvalue weighted by molar-refractivity contribution is 5.51. The molecule has 0 unspecified atom stereocenters. The van der Waals surface area contributed by atoms with Crippen LogP contribution in [0, 0.1) is 12.7 Å². The van der Waals surface area contributed by atoms with Gasteiger partial charge in [-0.05, 0) is 43.7 Å². The van der Waals surface area contributed by atoms with Crippen molar-refractivity contribution in [2.75, 3.05) is 29.9 Å². The average molecular weight is 272 g/mol. The van der Waals surface area contributed by atoms with Crippen molar-refractivity contribution in [3.05, 3.63) is 59.9 Å². The first kappa shape index (κ1) is 14.4. The fraction of sp³-hybridized carbons (Fsp3) is 0.294. The SMILES string of the molecule is CCN(CCNc1ccccc1C)c1cccc(F)c1. The summed E-state index contributed by atoms with van der Waals surface area (Å²) in [6.45, 7) is 6.70. The Labute approximate surface area is 120 Å². The summed E-state index contributed by atoms with van der Waals surface area (Å²) in [7, 11) is 0. The maximum atomic E-state index is 13.3. The summed E-state index contributed by atoms with van der Waals surface area (Å²) in [5, 5.41) is 3.43. The van der Waals surface area contributed by atoms with Crippen molar-refractivity contribution < 1.29 is 4.39 Å².